The van der Waals surface area contributed by atoms with Crippen LogP contribution < -0.4 is 0 Å². The summed E-state index contributed by atoms with van der Waals surface area (Å²) in [6.45, 7) is 11.5. The Morgan fingerprint density at radius 1 is 1.20 bits per heavy atom. The van der Waals surface area contributed by atoms with Crippen LogP contribution >= 0.6 is 0 Å². The molecule has 1 aliphatic heterocycles. The van der Waals surface area contributed by atoms with Crippen LogP contribution in [-0.2, 0) is 0 Å². The first-order chi connectivity index (χ1) is 11.9. The highest BCUT2D eigenvalue weighted by Gasteiger charge is 2.83. The largest absolute Gasteiger partial charge is 0.392 e. The summed E-state index contributed by atoms with van der Waals surface area (Å²) in [4.78, 5) is 2.77. The average molecular weight is 344 g/mol. The molecular formula is C22H33NO2. The lowest BCUT2D eigenvalue weighted by molar-refractivity contribution is -0.381. The van der Waals surface area contributed by atoms with E-state index in [1.807, 2.05) is 0 Å². The predicted octanol–water partition coefficient (Wildman–Crippen LogP) is 2.82. The van der Waals surface area contributed by atoms with Gasteiger partial charge in [-0.3, -0.25) is 4.90 Å². The summed E-state index contributed by atoms with van der Waals surface area (Å²) < 4.78 is 0. The Morgan fingerprint density at radius 3 is 2.76 bits per heavy atom. The molecule has 0 radical (unpaired) electrons. The molecule has 2 N–H and O–H groups in total. The molecule has 7 saturated carbocycles. The summed E-state index contributed by atoms with van der Waals surface area (Å²) in [6.07, 6.45) is 6.59. The van der Waals surface area contributed by atoms with Gasteiger partial charge >= 0.3 is 0 Å². The van der Waals surface area contributed by atoms with Gasteiger partial charge in [-0.05, 0) is 66.9 Å². The first-order valence-corrected chi connectivity index (χ1v) is 10.7. The molecular weight excluding hydrogens is 310 g/mol. The quantitative estimate of drug-likeness (QED) is 0.720. The van der Waals surface area contributed by atoms with Crippen LogP contribution in [0.25, 0.3) is 0 Å². The smallest absolute Gasteiger partial charge is 0.0811 e. The molecule has 7 aliphatic carbocycles. The third-order valence-electron chi connectivity index (χ3n) is 10.3. The van der Waals surface area contributed by atoms with Crippen LogP contribution in [0.3, 0.4) is 0 Å². The Hall–Kier alpha value is -0.380. The standard InChI is InChI=1S/C22H33NO2/c1-4-23-11-20(3)7-5-8-22-16(20)14(18(22)23)10-21-9-6-13(12(2)19(21)25)15(24)17(21)22/h13-19,24-25H,2,4-11H2,1,3H3. The molecule has 0 aromatic rings. The van der Waals surface area contributed by atoms with E-state index in [1.165, 1.54) is 25.8 Å². The second-order valence-corrected chi connectivity index (χ2v) is 10.8. The second-order valence-electron chi connectivity index (χ2n) is 10.8. The lowest BCUT2D eigenvalue weighted by Crippen LogP contribution is -2.87. The Morgan fingerprint density at radius 2 is 2.00 bits per heavy atom. The Kier molecular flexibility index (Phi) is 2.73. The summed E-state index contributed by atoms with van der Waals surface area (Å²) in [6, 6.07) is 0.668. The van der Waals surface area contributed by atoms with Crippen molar-refractivity contribution in [2.45, 2.75) is 70.6 Å². The second kappa shape index (κ2) is 4.36. The van der Waals surface area contributed by atoms with Crippen LogP contribution in [0.4, 0.5) is 0 Å². The molecule has 1 heterocycles. The van der Waals surface area contributed by atoms with E-state index in [4.69, 9.17) is 0 Å². The van der Waals surface area contributed by atoms with Crippen LogP contribution in [0.2, 0.25) is 0 Å². The Labute approximate surface area is 151 Å². The number of rotatable bonds is 1. The third-order valence-corrected chi connectivity index (χ3v) is 10.3. The van der Waals surface area contributed by atoms with E-state index in [1.54, 1.807) is 0 Å². The molecule has 3 heteroatoms. The first-order valence-electron chi connectivity index (χ1n) is 10.7. The van der Waals surface area contributed by atoms with Gasteiger partial charge in [0, 0.05) is 29.8 Å². The van der Waals surface area contributed by atoms with E-state index in [9.17, 15) is 10.2 Å². The van der Waals surface area contributed by atoms with E-state index in [0.717, 1.165) is 43.2 Å². The molecule has 0 aromatic heterocycles. The van der Waals surface area contributed by atoms with Crippen LogP contribution in [0.1, 0.15) is 52.4 Å². The number of piperidine rings is 2. The van der Waals surface area contributed by atoms with Gasteiger partial charge in [-0.25, -0.2) is 0 Å². The lowest BCUT2D eigenvalue weighted by Gasteiger charge is -2.86. The van der Waals surface area contributed by atoms with Gasteiger partial charge < -0.3 is 10.2 Å². The highest BCUT2D eigenvalue weighted by molar-refractivity contribution is 5.37. The van der Waals surface area contributed by atoms with Crippen LogP contribution in [0.5, 0.6) is 0 Å². The summed E-state index contributed by atoms with van der Waals surface area (Å²) in [5.41, 5.74) is 1.57. The highest BCUT2D eigenvalue weighted by Crippen LogP contribution is 2.83. The zero-order valence-corrected chi connectivity index (χ0v) is 15.7. The summed E-state index contributed by atoms with van der Waals surface area (Å²) in [5, 5.41) is 22.7. The van der Waals surface area contributed by atoms with E-state index in [2.05, 4.69) is 25.3 Å². The van der Waals surface area contributed by atoms with E-state index in [0.29, 0.717) is 17.4 Å². The predicted molar refractivity (Wildman–Crippen MR) is 96.8 cm³/mol. The molecule has 138 valence electrons. The van der Waals surface area contributed by atoms with Gasteiger partial charge in [0.2, 0.25) is 0 Å². The number of hydrogen-bond donors (Lipinski definition) is 2. The van der Waals surface area contributed by atoms with Crippen LogP contribution in [0.15, 0.2) is 12.2 Å². The minimum atomic E-state index is -0.372. The molecule has 10 unspecified atom stereocenters. The van der Waals surface area contributed by atoms with Crippen molar-refractivity contribution < 1.29 is 10.2 Å². The van der Waals surface area contributed by atoms with Crippen molar-refractivity contribution >= 4 is 0 Å². The SMILES string of the molecule is C=C1C2CCC3(CC4C5N(CC)CC6(C)CCCC5(C46)C3C2O)C1O. The van der Waals surface area contributed by atoms with E-state index in [-0.39, 0.29) is 29.0 Å². The number of aliphatic hydroxyl groups is 2. The van der Waals surface area contributed by atoms with Crippen molar-refractivity contribution in [1.29, 1.82) is 0 Å². The van der Waals surface area contributed by atoms with Gasteiger partial charge in [0.05, 0.1) is 12.2 Å². The molecule has 25 heavy (non-hydrogen) atoms. The van der Waals surface area contributed by atoms with Crippen molar-refractivity contribution in [3.05, 3.63) is 12.2 Å². The van der Waals surface area contributed by atoms with Gasteiger partial charge in [0.25, 0.3) is 0 Å². The first kappa shape index (κ1) is 15.7. The maximum Gasteiger partial charge on any atom is 0.0811 e. The molecule has 1 saturated heterocycles. The molecule has 0 aromatic carbocycles. The fourth-order valence-electron chi connectivity index (χ4n) is 10.1. The number of fused-ring (bicyclic) bond motifs is 2. The van der Waals surface area contributed by atoms with Crippen molar-refractivity contribution in [3.8, 4) is 0 Å². The van der Waals surface area contributed by atoms with Crippen molar-refractivity contribution in [2.75, 3.05) is 13.1 Å². The van der Waals surface area contributed by atoms with Crippen molar-refractivity contribution in [3.63, 3.8) is 0 Å². The van der Waals surface area contributed by atoms with Crippen LogP contribution in [-0.4, -0.2) is 46.5 Å². The Balaban J connectivity index is 1.55. The van der Waals surface area contributed by atoms with Gasteiger partial charge in [-0.2, -0.15) is 0 Å². The summed E-state index contributed by atoms with van der Waals surface area (Å²) >= 11 is 0. The zero-order valence-electron chi connectivity index (χ0n) is 15.7. The molecule has 8 aliphatic rings. The van der Waals surface area contributed by atoms with Gasteiger partial charge in [-0.15, -0.1) is 0 Å². The number of aliphatic hydroxyl groups excluding tert-OH is 2. The normalized spacial score (nSPS) is 64.6. The molecule has 6 bridgehead atoms. The maximum atomic E-state index is 11.5. The fraction of sp³-hybridized carbons (Fsp3) is 0.909. The Bertz CT molecular complexity index is 662. The average Bonchev–Trinajstić information content (AvgIpc) is 2.57. The fourth-order valence-corrected chi connectivity index (χ4v) is 10.1. The summed E-state index contributed by atoms with van der Waals surface area (Å²) in [5.74, 6) is 1.96. The molecule has 2 spiro atoms. The van der Waals surface area contributed by atoms with E-state index >= 15 is 0 Å². The van der Waals surface area contributed by atoms with Gasteiger partial charge in [-0.1, -0.05) is 26.8 Å². The summed E-state index contributed by atoms with van der Waals surface area (Å²) in [7, 11) is 0. The number of hydrogen-bond acceptors (Lipinski definition) is 3. The lowest BCUT2D eigenvalue weighted by atomic mass is 9.23. The molecule has 10 atom stereocenters. The number of likely N-dealkylation sites (tertiary alicyclic amines) is 1. The highest BCUT2D eigenvalue weighted by atomic mass is 16.3. The third kappa shape index (κ3) is 1.37. The number of nitrogens with zero attached hydrogens (tertiary/aromatic N) is 1. The van der Waals surface area contributed by atoms with Gasteiger partial charge in [0.15, 0.2) is 0 Å². The maximum absolute atomic E-state index is 11.5. The zero-order chi connectivity index (χ0) is 17.4. The molecule has 8 rings (SSSR count). The monoisotopic (exact) mass is 343 g/mol. The minimum absolute atomic E-state index is 0.0715. The topological polar surface area (TPSA) is 43.7 Å². The minimum Gasteiger partial charge on any atom is -0.392 e. The van der Waals surface area contributed by atoms with Gasteiger partial charge in [0.1, 0.15) is 0 Å². The molecule has 0 amide bonds. The van der Waals surface area contributed by atoms with Crippen LogP contribution in [0, 0.1) is 39.9 Å². The van der Waals surface area contributed by atoms with E-state index < -0.39 is 0 Å². The van der Waals surface area contributed by atoms with Crippen molar-refractivity contribution in [1.82, 2.24) is 4.90 Å². The molecule has 8 fully saturated rings. The van der Waals surface area contributed by atoms with Crippen molar-refractivity contribution in [2.24, 2.45) is 39.9 Å². The molecule has 3 nitrogen and oxygen atoms in total.